The molecule has 1 saturated heterocycles. The molecule has 8 nitrogen and oxygen atoms in total. The van der Waals surface area contributed by atoms with Crippen LogP contribution < -0.4 is 5.32 Å². The van der Waals surface area contributed by atoms with Gasteiger partial charge in [-0.25, -0.2) is 9.59 Å². The standard InChI is InChI=1S/C27H30N2O6/c30-24(29-14-6-13-27(34,16-29)25(31)32)21-11-5-12-23(21)28-26(33)35-15-22-19-9-3-1-7-17(19)18-8-2-4-10-20(18)22/h1-4,7-10,21-23,34H,5-6,11-16H2,(H,28,33)(H,31,32)/t21-,23+,27?/m0/s1. The van der Waals surface area contributed by atoms with Crippen LogP contribution in [-0.4, -0.2) is 64.4 Å². The summed E-state index contributed by atoms with van der Waals surface area (Å²) in [5.74, 6) is -2.02. The lowest BCUT2D eigenvalue weighted by molar-refractivity contribution is -0.167. The average Bonchev–Trinajstić information content (AvgIpc) is 3.44. The number of likely N-dealkylation sites (tertiary alicyclic amines) is 1. The van der Waals surface area contributed by atoms with Gasteiger partial charge >= 0.3 is 12.1 Å². The Kier molecular flexibility index (Phi) is 6.23. The molecule has 0 aromatic heterocycles. The highest BCUT2D eigenvalue weighted by Crippen LogP contribution is 2.44. The van der Waals surface area contributed by atoms with Crippen molar-refractivity contribution in [3.05, 3.63) is 59.7 Å². The fraction of sp³-hybridized carbons (Fsp3) is 0.444. The van der Waals surface area contributed by atoms with Crippen molar-refractivity contribution in [1.29, 1.82) is 0 Å². The van der Waals surface area contributed by atoms with Gasteiger partial charge in [0.1, 0.15) is 6.61 Å². The number of alkyl carbamates (subject to hydrolysis) is 1. The van der Waals surface area contributed by atoms with Crippen molar-refractivity contribution in [2.45, 2.75) is 49.7 Å². The maximum Gasteiger partial charge on any atom is 0.407 e. The van der Waals surface area contributed by atoms with Gasteiger partial charge in [0.05, 0.1) is 12.5 Å². The monoisotopic (exact) mass is 478 g/mol. The minimum absolute atomic E-state index is 0.0452. The Hall–Kier alpha value is -3.39. The van der Waals surface area contributed by atoms with Crippen LogP contribution in [0.2, 0.25) is 0 Å². The number of carbonyl (C=O) groups excluding carboxylic acids is 2. The highest BCUT2D eigenvalue weighted by molar-refractivity contribution is 5.84. The zero-order valence-electron chi connectivity index (χ0n) is 19.5. The number of hydrogen-bond acceptors (Lipinski definition) is 5. The largest absolute Gasteiger partial charge is 0.479 e. The number of benzene rings is 2. The SMILES string of the molecule is O=C(N[C@@H]1CCC[C@@H]1C(=O)N1CCCC(O)(C(=O)O)C1)OCC1c2ccccc2-c2ccccc21. The first-order valence-electron chi connectivity index (χ1n) is 12.2. The normalized spacial score (nSPS) is 25.6. The number of piperidine rings is 1. The molecule has 3 aliphatic rings. The first-order chi connectivity index (χ1) is 16.9. The molecular weight excluding hydrogens is 448 g/mol. The van der Waals surface area contributed by atoms with Gasteiger partial charge in [-0.2, -0.15) is 0 Å². The summed E-state index contributed by atoms with van der Waals surface area (Å²) in [5, 5.41) is 22.6. The van der Waals surface area contributed by atoms with Crippen LogP contribution in [0.1, 0.15) is 49.1 Å². The molecule has 1 heterocycles. The molecule has 2 fully saturated rings. The number of hydrogen-bond donors (Lipinski definition) is 3. The number of nitrogens with zero attached hydrogens (tertiary/aromatic N) is 1. The third-order valence-corrected chi connectivity index (χ3v) is 7.66. The molecule has 3 N–H and O–H groups in total. The molecule has 35 heavy (non-hydrogen) atoms. The molecule has 2 aromatic rings. The summed E-state index contributed by atoms with van der Waals surface area (Å²) in [6, 6.07) is 15.9. The smallest absolute Gasteiger partial charge is 0.407 e. The molecule has 1 unspecified atom stereocenters. The number of ether oxygens (including phenoxy) is 1. The lowest BCUT2D eigenvalue weighted by Gasteiger charge is -2.38. The molecule has 5 rings (SSSR count). The molecule has 0 spiro atoms. The fourth-order valence-corrected chi connectivity index (χ4v) is 5.85. The van der Waals surface area contributed by atoms with E-state index in [0.29, 0.717) is 25.8 Å². The van der Waals surface area contributed by atoms with Crippen molar-refractivity contribution < 1.29 is 29.3 Å². The third kappa shape index (κ3) is 4.38. The summed E-state index contributed by atoms with van der Waals surface area (Å²) in [4.78, 5) is 38.8. The van der Waals surface area contributed by atoms with Gasteiger partial charge in [0.25, 0.3) is 0 Å². The molecule has 8 heteroatoms. The second kappa shape index (κ2) is 9.34. The second-order valence-electron chi connectivity index (χ2n) is 9.81. The Morgan fingerprint density at radius 2 is 1.66 bits per heavy atom. The van der Waals surface area contributed by atoms with Crippen LogP contribution in [0.15, 0.2) is 48.5 Å². The minimum atomic E-state index is -1.91. The summed E-state index contributed by atoms with van der Waals surface area (Å²) < 4.78 is 5.65. The topological polar surface area (TPSA) is 116 Å². The number of carboxylic acid groups (broad SMARTS) is 1. The average molecular weight is 479 g/mol. The number of carboxylic acids is 1. The summed E-state index contributed by atoms with van der Waals surface area (Å²) in [5.41, 5.74) is 2.66. The Balaban J connectivity index is 1.21. The molecular formula is C27H30N2O6. The van der Waals surface area contributed by atoms with Crippen LogP contribution in [0.4, 0.5) is 4.79 Å². The van der Waals surface area contributed by atoms with Crippen molar-refractivity contribution >= 4 is 18.0 Å². The molecule has 184 valence electrons. The van der Waals surface area contributed by atoms with Crippen molar-refractivity contribution in [2.75, 3.05) is 19.7 Å². The molecule has 1 aliphatic heterocycles. The zero-order valence-corrected chi connectivity index (χ0v) is 19.5. The van der Waals surface area contributed by atoms with Crippen molar-refractivity contribution in [3.63, 3.8) is 0 Å². The summed E-state index contributed by atoms with van der Waals surface area (Å²) >= 11 is 0. The van der Waals surface area contributed by atoms with Gasteiger partial charge in [0.15, 0.2) is 5.60 Å². The fourth-order valence-electron chi connectivity index (χ4n) is 5.85. The van der Waals surface area contributed by atoms with Gasteiger partial charge in [-0.1, -0.05) is 55.0 Å². The van der Waals surface area contributed by atoms with Crippen molar-refractivity contribution in [3.8, 4) is 11.1 Å². The molecule has 3 atom stereocenters. The zero-order chi connectivity index (χ0) is 24.6. The van der Waals surface area contributed by atoms with Gasteiger partial charge in [0, 0.05) is 18.5 Å². The van der Waals surface area contributed by atoms with Gasteiger partial charge in [-0.05, 0) is 47.9 Å². The highest BCUT2D eigenvalue weighted by Gasteiger charge is 2.45. The van der Waals surface area contributed by atoms with E-state index < -0.39 is 23.6 Å². The molecule has 0 bridgehead atoms. The van der Waals surface area contributed by atoms with E-state index in [-0.39, 0.29) is 37.4 Å². The molecule has 2 aromatic carbocycles. The molecule has 2 aliphatic carbocycles. The summed E-state index contributed by atoms with van der Waals surface area (Å²) in [6.07, 6.45) is 2.02. The highest BCUT2D eigenvalue weighted by atomic mass is 16.5. The lowest BCUT2D eigenvalue weighted by Crippen LogP contribution is -2.57. The van der Waals surface area contributed by atoms with E-state index in [1.807, 2.05) is 24.3 Å². The third-order valence-electron chi connectivity index (χ3n) is 7.66. The Labute approximate surface area is 203 Å². The van der Waals surface area contributed by atoms with Crippen LogP contribution in [0, 0.1) is 5.92 Å². The van der Waals surface area contributed by atoms with E-state index in [9.17, 15) is 24.6 Å². The van der Waals surface area contributed by atoms with Crippen LogP contribution in [0.3, 0.4) is 0 Å². The number of rotatable bonds is 5. The molecule has 2 amide bonds. The number of aliphatic carboxylic acids is 1. The minimum Gasteiger partial charge on any atom is -0.479 e. The number of amides is 2. The molecule has 1 saturated carbocycles. The van der Waals surface area contributed by atoms with E-state index in [0.717, 1.165) is 28.7 Å². The van der Waals surface area contributed by atoms with Gasteiger partial charge in [-0.15, -0.1) is 0 Å². The molecule has 0 radical (unpaired) electrons. The van der Waals surface area contributed by atoms with E-state index in [1.54, 1.807) is 0 Å². The van der Waals surface area contributed by atoms with Crippen molar-refractivity contribution in [2.24, 2.45) is 5.92 Å². The number of nitrogens with one attached hydrogen (secondary N) is 1. The second-order valence-corrected chi connectivity index (χ2v) is 9.81. The van der Waals surface area contributed by atoms with Crippen molar-refractivity contribution in [1.82, 2.24) is 10.2 Å². The number of aliphatic hydroxyl groups is 1. The van der Waals surface area contributed by atoms with Crippen LogP contribution in [-0.2, 0) is 14.3 Å². The number of fused-ring (bicyclic) bond motifs is 3. The van der Waals surface area contributed by atoms with E-state index >= 15 is 0 Å². The van der Waals surface area contributed by atoms with E-state index in [4.69, 9.17) is 4.74 Å². The maximum atomic E-state index is 13.2. The summed E-state index contributed by atoms with van der Waals surface area (Å²) in [6.45, 7) is 0.376. The number of β-amino-alcohol motifs (C(OH)–C–C–N with tert-alkyl or cyclic N) is 1. The maximum absolute atomic E-state index is 13.2. The predicted molar refractivity (Wildman–Crippen MR) is 128 cm³/mol. The van der Waals surface area contributed by atoms with Crippen LogP contribution in [0.5, 0.6) is 0 Å². The van der Waals surface area contributed by atoms with Crippen LogP contribution >= 0.6 is 0 Å². The van der Waals surface area contributed by atoms with Gasteiger partial charge in [-0.3, -0.25) is 4.79 Å². The Morgan fingerprint density at radius 1 is 1.00 bits per heavy atom. The Bertz CT molecular complexity index is 1100. The Morgan fingerprint density at radius 3 is 2.31 bits per heavy atom. The first kappa shape index (κ1) is 23.4. The number of carbonyl (C=O) groups is 3. The van der Waals surface area contributed by atoms with Crippen LogP contribution in [0.25, 0.3) is 11.1 Å². The predicted octanol–water partition coefficient (Wildman–Crippen LogP) is 3.13. The van der Waals surface area contributed by atoms with E-state index in [1.165, 1.54) is 4.90 Å². The van der Waals surface area contributed by atoms with E-state index in [2.05, 4.69) is 29.6 Å². The van der Waals surface area contributed by atoms with Gasteiger partial charge < -0.3 is 25.2 Å². The quantitative estimate of drug-likeness (QED) is 0.608. The van der Waals surface area contributed by atoms with Gasteiger partial charge in [0.2, 0.25) is 5.91 Å². The first-order valence-corrected chi connectivity index (χ1v) is 12.2. The lowest BCUT2D eigenvalue weighted by atomic mass is 9.91. The summed E-state index contributed by atoms with van der Waals surface area (Å²) in [7, 11) is 0.